The van der Waals surface area contributed by atoms with E-state index in [-0.39, 0.29) is 5.91 Å². The Kier molecular flexibility index (Phi) is 3.70. The molecule has 0 fully saturated rings. The first-order chi connectivity index (χ1) is 8.20. The Morgan fingerprint density at radius 3 is 3.00 bits per heavy atom. The monoisotopic (exact) mass is 313 g/mol. The van der Waals surface area contributed by atoms with E-state index in [4.69, 9.17) is 4.74 Å². The van der Waals surface area contributed by atoms with Gasteiger partial charge in [-0.3, -0.25) is 4.79 Å². The van der Waals surface area contributed by atoms with Crippen LogP contribution in [0.25, 0.3) is 0 Å². The van der Waals surface area contributed by atoms with Crippen molar-refractivity contribution in [1.29, 1.82) is 0 Å². The van der Waals surface area contributed by atoms with Gasteiger partial charge in [-0.1, -0.05) is 4.49 Å². The average molecular weight is 314 g/mol. The highest BCUT2D eigenvalue weighted by molar-refractivity contribution is 9.10. The number of carbonyl (C=O) groups is 1. The number of amides is 1. The van der Waals surface area contributed by atoms with Crippen molar-refractivity contribution in [2.45, 2.75) is 0 Å². The summed E-state index contributed by atoms with van der Waals surface area (Å²) in [5.41, 5.74) is 0.498. The molecular weight excluding hydrogens is 306 g/mol. The molecule has 0 saturated carbocycles. The maximum atomic E-state index is 12.0. The molecule has 0 saturated heterocycles. The van der Waals surface area contributed by atoms with Crippen molar-refractivity contribution in [3.63, 3.8) is 0 Å². The molecule has 0 bridgehead atoms. The van der Waals surface area contributed by atoms with Gasteiger partial charge >= 0.3 is 0 Å². The zero-order chi connectivity index (χ0) is 12.3. The number of hydrogen-bond donors (Lipinski definition) is 1. The number of nitrogens with zero attached hydrogens (tertiary/aromatic N) is 2. The van der Waals surface area contributed by atoms with E-state index in [1.807, 2.05) is 0 Å². The summed E-state index contributed by atoms with van der Waals surface area (Å²) in [6.07, 6.45) is 1.50. The highest BCUT2D eigenvalue weighted by Crippen LogP contribution is 2.23. The molecule has 0 unspecified atom stereocenters. The molecule has 2 rings (SSSR count). The lowest BCUT2D eigenvalue weighted by Gasteiger charge is -2.06. The summed E-state index contributed by atoms with van der Waals surface area (Å²) in [7, 11) is 1.55. The maximum Gasteiger partial charge on any atom is 0.257 e. The van der Waals surface area contributed by atoms with Crippen molar-refractivity contribution >= 4 is 38.4 Å². The van der Waals surface area contributed by atoms with E-state index >= 15 is 0 Å². The van der Waals surface area contributed by atoms with Gasteiger partial charge in [0.25, 0.3) is 5.91 Å². The van der Waals surface area contributed by atoms with Crippen LogP contribution in [0.4, 0.5) is 5.00 Å². The molecule has 1 heterocycles. The third kappa shape index (κ3) is 2.80. The van der Waals surface area contributed by atoms with Crippen LogP contribution in [0, 0.1) is 0 Å². The number of rotatable bonds is 3. The summed E-state index contributed by atoms with van der Waals surface area (Å²) >= 11 is 4.44. The van der Waals surface area contributed by atoms with Crippen LogP contribution in [0.2, 0.25) is 0 Å². The molecule has 1 N–H and O–H groups in total. The zero-order valence-corrected chi connectivity index (χ0v) is 11.2. The van der Waals surface area contributed by atoms with Crippen LogP contribution in [-0.2, 0) is 0 Å². The van der Waals surface area contributed by atoms with Crippen molar-refractivity contribution in [2.24, 2.45) is 0 Å². The number of nitrogens with one attached hydrogen (secondary N) is 1. The maximum absolute atomic E-state index is 12.0. The first-order valence-electron chi connectivity index (χ1n) is 4.63. The normalized spacial score (nSPS) is 10.0. The summed E-state index contributed by atoms with van der Waals surface area (Å²) < 4.78 is 9.44. The highest BCUT2D eigenvalue weighted by Gasteiger charge is 2.12. The topological polar surface area (TPSA) is 64.1 Å². The van der Waals surface area contributed by atoms with Crippen LogP contribution in [-0.4, -0.2) is 22.6 Å². The lowest BCUT2D eigenvalue weighted by atomic mass is 10.2. The predicted octanol–water partition coefficient (Wildman–Crippen LogP) is 2.56. The SMILES string of the molecule is COc1ccc(Br)c(C(=O)Nc2cnns2)c1. The van der Waals surface area contributed by atoms with Crippen LogP contribution < -0.4 is 10.1 Å². The molecule has 2 aromatic rings. The number of carbonyl (C=O) groups excluding carboxylic acids is 1. The zero-order valence-electron chi connectivity index (χ0n) is 8.81. The molecule has 0 atom stereocenters. The van der Waals surface area contributed by atoms with Crippen molar-refractivity contribution in [3.8, 4) is 5.75 Å². The van der Waals surface area contributed by atoms with E-state index < -0.39 is 0 Å². The van der Waals surface area contributed by atoms with E-state index in [1.54, 1.807) is 25.3 Å². The van der Waals surface area contributed by atoms with Crippen LogP contribution in [0.1, 0.15) is 10.4 Å². The number of aromatic nitrogens is 2. The molecule has 88 valence electrons. The van der Waals surface area contributed by atoms with Gasteiger partial charge in [0, 0.05) is 16.0 Å². The number of hydrogen-bond acceptors (Lipinski definition) is 5. The van der Waals surface area contributed by atoms with Crippen LogP contribution >= 0.6 is 27.5 Å². The van der Waals surface area contributed by atoms with Gasteiger partial charge in [-0.05, 0) is 34.1 Å². The fraction of sp³-hybridized carbons (Fsp3) is 0.100. The smallest absolute Gasteiger partial charge is 0.257 e. The van der Waals surface area contributed by atoms with E-state index in [2.05, 4.69) is 30.8 Å². The van der Waals surface area contributed by atoms with Gasteiger partial charge in [0.15, 0.2) is 0 Å². The van der Waals surface area contributed by atoms with Crippen LogP contribution in [0.5, 0.6) is 5.75 Å². The molecule has 0 aliphatic carbocycles. The van der Waals surface area contributed by atoms with Crippen molar-refractivity contribution in [1.82, 2.24) is 9.59 Å². The molecule has 1 amide bonds. The van der Waals surface area contributed by atoms with Crippen molar-refractivity contribution < 1.29 is 9.53 Å². The Labute approximate surface area is 110 Å². The summed E-state index contributed by atoms with van der Waals surface area (Å²) in [6, 6.07) is 5.20. The van der Waals surface area contributed by atoms with Gasteiger partial charge in [0.2, 0.25) is 0 Å². The van der Waals surface area contributed by atoms with Gasteiger partial charge in [0.05, 0.1) is 18.9 Å². The summed E-state index contributed by atoms with van der Waals surface area (Å²) in [5.74, 6) is 0.391. The molecule has 0 aliphatic rings. The lowest BCUT2D eigenvalue weighted by Crippen LogP contribution is -2.11. The molecule has 0 radical (unpaired) electrons. The predicted molar refractivity (Wildman–Crippen MR) is 68.6 cm³/mol. The number of methoxy groups -OCH3 is 1. The van der Waals surface area contributed by atoms with Gasteiger partial charge in [-0.2, -0.15) is 0 Å². The minimum atomic E-state index is -0.234. The van der Waals surface area contributed by atoms with Crippen LogP contribution in [0.15, 0.2) is 28.9 Å². The van der Waals surface area contributed by atoms with Gasteiger partial charge in [0.1, 0.15) is 10.8 Å². The van der Waals surface area contributed by atoms with Crippen LogP contribution in [0.3, 0.4) is 0 Å². The van der Waals surface area contributed by atoms with E-state index in [0.717, 1.165) is 11.5 Å². The number of anilines is 1. The van der Waals surface area contributed by atoms with Gasteiger partial charge in [-0.15, -0.1) is 5.10 Å². The second kappa shape index (κ2) is 5.24. The minimum absolute atomic E-state index is 0.234. The van der Waals surface area contributed by atoms with E-state index in [0.29, 0.717) is 20.8 Å². The number of halogens is 1. The molecule has 1 aromatic heterocycles. The fourth-order valence-corrected chi connectivity index (χ4v) is 2.05. The molecule has 7 heteroatoms. The summed E-state index contributed by atoms with van der Waals surface area (Å²) in [4.78, 5) is 12.0. The van der Waals surface area contributed by atoms with Crippen molar-refractivity contribution in [2.75, 3.05) is 12.4 Å². The summed E-state index contributed by atoms with van der Waals surface area (Å²) in [5, 5.41) is 6.94. The third-order valence-corrected chi connectivity index (χ3v) is 3.29. The Morgan fingerprint density at radius 1 is 1.53 bits per heavy atom. The molecule has 0 spiro atoms. The highest BCUT2D eigenvalue weighted by atomic mass is 79.9. The molecule has 0 aliphatic heterocycles. The quantitative estimate of drug-likeness (QED) is 0.946. The first kappa shape index (κ1) is 12.0. The molecule has 17 heavy (non-hydrogen) atoms. The largest absolute Gasteiger partial charge is 0.497 e. The molecule has 5 nitrogen and oxygen atoms in total. The van der Waals surface area contributed by atoms with Gasteiger partial charge < -0.3 is 10.1 Å². The number of ether oxygens (including phenoxy) is 1. The third-order valence-electron chi connectivity index (χ3n) is 2.02. The second-order valence-electron chi connectivity index (χ2n) is 3.08. The minimum Gasteiger partial charge on any atom is -0.497 e. The Balaban J connectivity index is 2.24. The van der Waals surface area contributed by atoms with E-state index in [9.17, 15) is 4.79 Å². The number of benzene rings is 1. The lowest BCUT2D eigenvalue weighted by molar-refractivity contribution is 0.102. The standard InChI is InChI=1S/C10H8BrN3O2S/c1-16-6-2-3-8(11)7(4-6)10(15)13-9-5-12-14-17-9/h2-5H,1H3,(H,13,15). The Hall–Kier alpha value is -1.47. The first-order valence-corrected chi connectivity index (χ1v) is 6.19. The summed E-state index contributed by atoms with van der Waals surface area (Å²) in [6.45, 7) is 0. The van der Waals surface area contributed by atoms with E-state index in [1.165, 1.54) is 6.20 Å². The molecular formula is C10H8BrN3O2S. The molecule has 1 aromatic carbocycles. The second-order valence-corrected chi connectivity index (χ2v) is 4.72. The Bertz CT molecular complexity index is 530. The fourth-order valence-electron chi connectivity index (χ4n) is 1.21. The average Bonchev–Trinajstić information content (AvgIpc) is 2.82. The van der Waals surface area contributed by atoms with Crippen molar-refractivity contribution in [3.05, 3.63) is 34.4 Å². The van der Waals surface area contributed by atoms with Gasteiger partial charge in [-0.25, -0.2) is 0 Å². The Morgan fingerprint density at radius 2 is 2.35 bits per heavy atom.